The molecule has 3 aromatic carbocycles. The first-order valence-corrected chi connectivity index (χ1v) is 14.0. The number of fused-ring (bicyclic) bond motifs is 1. The number of benzene rings is 3. The van der Waals surface area contributed by atoms with Crippen LogP contribution >= 0.6 is 11.6 Å². The summed E-state index contributed by atoms with van der Waals surface area (Å²) < 4.78 is 17.2. The Bertz CT molecular complexity index is 1360. The molecule has 1 aliphatic rings. The van der Waals surface area contributed by atoms with E-state index in [4.69, 9.17) is 25.8 Å². The molecular weight excluding hydrogens is 526 g/mol. The molecule has 7 heteroatoms. The van der Waals surface area contributed by atoms with E-state index in [2.05, 4.69) is 0 Å². The number of methoxy groups -OCH3 is 1. The van der Waals surface area contributed by atoms with Crippen molar-refractivity contribution in [2.45, 2.75) is 78.0 Å². The molecule has 40 heavy (non-hydrogen) atoms. The standard InChI is InChI=1S/C33H38ClNO5/c1-20(2)39-29-19-27-24(17-28(29)38-7)18-30(36)35(32(27)23-8-12-25(34)13-9-23)26-14-10-22(11-15-26)21(3)16-31(37)40-33(4,5)6/h8-15,17,19-21,32H,16,18H2,1-7H3/t21-,32+/m1/s1. The quantitative estimate of drug-likeness (QED) is 0.263. The first kappa shape index (κ1) is 29.5. The average Bonchev–Trinajstić information content (AvgIpc) is 2.87. The van der Waals surface area contributed by atoms with E-state index in [-0.39, 0.29) is 42.8 Å². The minimum atomic E-state index is -0.521. The summed E-state index contributed by atoms with van der Waals surface area (Å²) in [6, 6.07) is 18.9. The smallest absolute Gasteiger partial charge is 0.306 e. The van der Waals surface area contributed by atoms with E-state index in [0.29, 0.717) is 16.5 Å². The normalized spacial score (nSPS) is 16.0. The average molecular weight is 564 g/mol. The van der Waals surface area contributed by atoms with Crippen LogP contribution < -0.4 is 14.4 Å². The minimum Gasteiger partial charge on any atom is -0.493 e. The number of esters is 1. The van der Waals surface area contributed by atoms with Gasteiger partial charge in [0.1, 0.15) is 5.60 Å². The summed E-state index contributed by atoms with van der Waals surface area (Å²) in [5.41, 5.74) is 4.05. The first-order chi connectivity index (χ1) is 18.9. The second kappa shape index (κ2) is 11.9. The van der Waals surface area contributed by atoms with Crippen LogP contribution in [0.2, 0.25) is 5.02 Å². The molecule has 0 fully saturated rings. The SMILES string of the molecule is COc1cc2c(cc1OC(C)C)[C@H](c1ccc(Cl)cc1)N(c1ccc([C@H](C)CC(=O)OC(C)(C)C)cc1)C(=O)C2. The third kappa shape index (κ3) is 6.79. The van der Waals surface area contributed by atoms with Gasteiger partial charge in [0.05, 0.1) is 32.1 Å². The summed E-state index contributed by atoms with van der Waals surface area (Å²) >= 11 is 6.22. The molecule has 2 atom stereocenters. The summed E-state index contributed by atoms with van der Waals surface area (Å²) in [6.07, 6.45) is 0.465. The third-order valence-electron chi connectivity index (χ3n) is 6.77. The molecule has 0 unspecified atom stereocenters. The van der Waals surface area contributed by atoms with Gasteiger partial charge in [0, 0.05) is 10.7 Å². The fraction of sp³-hybridized carbons (Fsp3) is 0.394. The highest BCUT2D eigenvalue weighted by atomic mass is 35.5. The van der Waals surface area contributed by atoms with E-state index in [1.165, 1.54) is 0 Å². The maximum atomic E-state index is 13.7. The monoisotopic (exact) mass is 563 g/mol. The molecule has 1 aliphatic heterocycles. The number of carbonyl (C=O) groups is 2. The topological polar surface area (TPSA) is 65.1 Å². The molecule has 0 spiro atoms. The summed E-state index contributed by atoms with van der Waals surface area (Å²) in [5.74, 6) is 0.950. The fourth-order valence-electron chi connectivity index (χ4n) is 5.04. The number of hydrogen-bond acceptors (Lipinski definition) is 5. The largest absolute Gasteiger partial charge is 0.493 e. The summed E-state index contributed by atoms with van der Waals surface area (Å²) in [7, 11) is 1.61. The van der Waals surface area contributed by atoms with Gasteiger partial charge in [-0.05, 0) is 99.2 Å². The Morgan fingerprint density at radius 2 is 1.65 bits per heavy atom. The van der Waals surface area contributed by atoms with Gasteiger partial charge in [-0.25, -0.2) is 0 Å². The van der Waals surface area contributed by atoms with E-state index in [1.54, 1.807) is 7.11 Å². The molecule has 0 saturated carbocycles. The second-order valence-corrected chi connectivity index (χ2v) is 12.0. The maximum Gasteiger partial charge on any atom is 0.306 e. The Balaban J connectivity index is 1.73. The van der Waals surface area contributed by atoms with Gasteiger partial charge in [-0.15, -0.1) is 0 Å². The highest BCUT2D eigenvalue weighted by Gasteiger charge is 2.36. The van der Waals surface area contributed by atoms with E-state index in [9.17, 15) is 9.59 Å². The molecule has 1 heterocycles. The molecular formula is C33H38ClNO5. The zero-order valence-electron chi connectivity index (χ0n) is 24.3. The van der Waals surface area contributed by atoms with Crippen molar-refractivity contribution in [1.29, 1.82) is 0 Å². The fourth-order valence-corrected chi connectivity index (χ4v) is 5.17. The molecule has 0 aliphatic carbocycles. The highest BCUT2D eigenvalue weighted by molar-refractivity contribution is 6.30. The predicted octanol–water partition coefficient (Wildman–Crippen LogP) is 7.65. The van der Waals surface area contributed by atoms with Crippen LogP contribution in [-0.4, -0.2) is 30.7 Å². The van der Waals surface area contributed by atoms with Crippen molar-refractivity contribution in [3.8, 4) is 11.5 Å². The molecule has 3 aromatic rings. The van der Waals surface area contributed by atoms with Crippen LogP contribution in [0.25, 0.3) is 0 Å². The number of hydrogen-bond donors (Lipinski definition) is 0. The first-order valence-electron chi connectivity index (χ1n) is 13.6. The van der Waals surface area contributed by atoms with E-state index < -0.39 is 5.60 Å². The van der Waals surface area contributed by atoms with Crippen molar-refractivity contribution in [3.63, 3.8) is 0 Å². The van der Waals surface area contributed by atoms with E-state index >= 15 is 0 Å². The van der Waals surface area contributed by atoms with Crippen LogP contribution in [0, 0.1) is 0 Å². The molecule has 1 amide bonds. The lowest BCUT2D eigenvalue weighted by Crippen LogP contribution is -2.41. The summed E-state index contributed by atoms with van der Waals surface area (Å²) in [6.45, 7) is 11.5. The molecule has 212 valence electrons. The zero-order valence-corrected chi connectivity index (χ0v) is 25.0. The molecule has 0 N–H and O–H groups in total. The number of carbonyl (C=O) groups excluding carboxylic acids is 2. The number of rotatable bonds is 8. The van der Waals surface area contributed by atoms with Crippen LogP contribution in [0.1, 0.15) is 82.2 Å². The van der Waals surface area contributed by atoms with Gasteiger partial charge in [-0.2, -0.15) is 0 Å². The van der Waals surface area contributed by atoms with Gasteiger partial charge in [0.2, 0.25) is 5.91 Å². The summed E-state index contributed by atoms with van der Waals surface area (Å²) in [5, 5.41) is 0.625. The Kier molecular flexibility index (Phi) is 8.79. The van der Waals surface area contributed by atoms with Crippen LogP contribution in [-0.2, 0) is 20.7 Å². The summed E-state index contributed by atoms with van der Waals surface area (Å²) in [4.78, 5) is 27.9. The van der Waals surface area contributed by atoms with Gasteiger partial charge in [-0.3, -0.25) is 9.59 Å². The van der Waals surface area contributed by atoms with Crippen LogP contribution in [0.4, 0.5) is 5.69 Å². The molecule has 0 aromatic heterocycles. The predicted molar refractivity (Wildman–Crippen MR) is 159 cm³/mol. The van der Waals surface area contributed by atoms with Gasteiger partial charge >= 0.3 is 5.97 Å². The minimum absolute atomic E-state index is 0.0263. The highest BCUT2D eigenvalue weighted by Crippen LogP contribution is 2.44. The van der Waals surface area contributed by atoms with Gasteiger partial charge < -0.3 is 19.1 Å². The maximum absolute atomic E-state index is 13.7. The van der Waals surface area contributed by atoms with E-state index in [0.717, 1.165) is 27.9 Å². The third-order valence-corrected chi connectivity index (χ3v) is 7.02. The van der Waals surface area contributed by atoms with E-state index in [1.807, 2.05) is 107 Å². The number of amides is 1. The van der Waals surface area contributed by atoms with Crippen molar-refractivity contribution in [2.24, 2.45) is 0 Å². The lowest BCUT2D eigenvalue weighted by Gasteiger charge is -2.38. The van der Waals surface area contributed by atoms with Crippen molar-refractivity contribution in [2.75, 3.05) is 12.0 Å². The van der Waals surface area contributed by atoms with Crippen molar-refractivity contribution < 1.29 is 23.8 Å². The van der Waals surface area contributed by atoms with Crippen molar-refractivity contribution in [3.05, 3.63) is 87.9 Å². The lowest BCUT2D eigenvalue weighted by molar-refractivity contribution is -0.155. The Labute approximate surface area is 242 Å². The number of nitrogens with zero attached hydrogens (tertiary/aromatic N) is 1. The zero-order chi connectivity index (χ0) is 29.2. The van der Waals surface area contributed by atoms with Crippen LogP contribution in [0.5, 0.6) is 11.5 Å². The number of halogens is 1. The molecule has 6 nitrogen and oxygen atoms in total. The van der Waals surface area contributed by atoms with Crippen LogP contribution in [0.15, 0.2) is 60.7 Å². The van der Waals surface area contributed by atoms with Crippen LogP contribution in [0.3, 0.4) is 0 Å². The Morgan fingerprint density at radius 3 is 2.23 bits per heavy atom. The second-order valence-electron chi connectivity index (χ2n) is 11.5. The van der Waals surface area contributed by atoms with Gasteiger partial charge in [0.25, 0.3) is 0 Å². The lowest BCUT2D eigenvalue weighted by atomic mass is 9.86. The van der Waals surface area contributed by atoms with Gasteiger partial charge in [-0.1, -0.05) is 42.8 Å². The molecule has 0 bridgehead atoms. The van der Waals surface area contributed by atoms with Crippen molar-refractivity contribution in [1.82, 2.24) is 0 Å². The Morgan fingerprint density at radius 1 is 1.00 bits per heavy atom. The number of anilines is 1. The molecule has 0 radical (unpaired) electrons. The number of ether oxygens (including phenoxy) is 3. The molecule has 0 saturated heterocycles. The van der Waals surface area contributed by atoms with Gasteiger partial charge in [0.15, 0.2) is 11.5 Å². The Hall–Kier alpha value is -3.51. The molecule has 4 rings (SSSR count). The van der Waals surface area contributed by atoms with Crippen molar-refractivity contribution >= 4 is 29.2 Å².